The molecule has 0 N–H and O–H groups in total. The second kappa shape index (κ2) is 6.02. The number of aromatic nitrogens is 2. The molecule has 0 saturated heterocycles. The molecule has 1 aromatic heterocycles. The van der Waals surface area contributed by atoms with E-state index in [0.717, 1.165) is 18.8 Å². The molecular weight excluding hydrogens is 184 g/mol. The Morgan fingerprint density at radius 2 is 2.40 bits per heavy atom. The van der Waals surface area contributed by atoms with Crippen LogP contribution in [0.1, 0.15) is 19.7 Å². The molecule has 0 unspecified atom stereocenters. The van der Waals surface area contributed by atoms with Crippen molar-refractivity contribution in [1.29, 1.82) is 0 Å². The third-order valence-electron chi connectivity index (χ3n) is 2.24. The quantitative estimate of drug-likeness (QED) is 0.671. The largest absolute Gasteiger partial charge is 0.331 e. The van der Waals surface area contributed by atoms with Crippen LogP contribution in [-0.2, 0) is 13.0 Å². The van der Waals surface area contributed by atoms with E-state index >= 15 is 0 Å². The first-order chi connectivity index (χ1) is 7.31. The van der Waals surface area contributed by atoms with E-state index in [9.17, 15) is 0 Å². The van der Waals surface area contributed by atoms with Gasteiger partial charge in [0.1, 0.15) is 5.82 Å². The smallest absolute Gasteiger partial charge is 0.108 e. The fourth-order valence-corrected chi connectivity index (χ4v) is 1.40. The molecule has 2 nitrogen and oxygen atoms in total. The van der Waals surface area contributed by atoms with E-state index in [1.807, 2.05) is 37.5 Å². The molecule has 0 amide bonds. The number of allylic oxidation sites excluding steroid dienone is 5. The van der Waals surface area contributed by atoms with Crippen molar-refractivity contribution in [3.8, 4) is 0 Å². The monoisotopic (exact) mass is 202 g/mol. The Bertz CT molecular complexity index is 370. The minimum absolute atomic E-state index is 0.844. The highest BCUT2D eigenvalue weighted by molar-refractivity contribution is 5.22. The molecule has 0 aliphatic heterocycles. The van der Waals surface area contributed by atoms with Crippen molar-refractivity contribution in [1.82, 2.24) is 9.55 Å². The third kappa shape index (κ3) is 3.24. The maximum absolute atomic E-state index is 4.29. The van der Waals surface area contributed by atoms with Gasteiger partial charge in [0.2, 0.25) is 0 Å². The van der Waals surface area contributed by atoms with Crippen LogP contribution in [0.3, 0.4) is 0 Å². The zero-order valence-corrected chi connectivity index (χ0v) is 9.48. The van der Waals surface area contributed by atoms with Crippen LogP contribution in [0.5, 0.6) is 0 Å². The Balaban J connectivity index is 2.79. The molecule has 0 atom stereocenters. The van der Waals surface area contributed by atoms with Crippen molar-refractivity contribution in [2.75, 3.05) is 0 Å². The summed E-state index contributed by atoms with van der Waals surface area (Å²) in [7, 11) is 0. The molecule has 0 radical (unpaired) electrons. The first kappa shape index (κ1) is 11.5. The lowest BCUT2D eigenvalue weighted by Gasteiger charge is -2.06. The Kier molecular flexibility index (Phi) is 4.61. The van der Waals surface area contributed by atoms with Gasteiger partial charge in [-0.25, -0.2) is 4.98 Å². The van der Waals surface area contributed by atoms with E-state index in [1.54, 1.807) is 0 Å². The highest BCUT2D eigenvalue weighted by atomic mass is 15.1. The SMILES string of the molecule is C=C/C(=C\C=C/C)Cn1ccnc1CC. The second-order valence-electron chi connectivity index (χ2n) is 3.30. The average molecular weight is 202 g/mol. The number of imidazole rings is 1. The van der Waals surface area contributed by atoms with E-state index in [2.05, 4.69) is 29.1 Å². The van der Waals surface area contributed by atoms with E-state index < -0.39 is 0 Å². The van der Waals surface area contributed by atoms with Crippen LogP contribution in [0, 0.1) is 0 Å². The van der Waals surface area contributed by atoms with Crippen LogP contribution in [0.25, 0.3) is 0 Å². The Labute approximate surface area is 91.7 Å². The highest BCUT2D eigenvalue weighted by Gasteiger charge is 2.00. The molecule has 1 rings (SSSR count). The van der Waals surface area contributed by atoms with E-state index in [1.165, 1.54) is 5.57 Å². The Morgan fingerprint density at radius 3 is 3.00 bits per heavy atom. The molecule has 0 aromatic carbocycles. The Morgan fingerprint density at radius 1 is 1.60 bits per heavy atom. The standard InChI is InChI=1S/C13H18N2/c1-4-7-8-12(5-2)11-15-10-9-14-13(15)6-3/h4-5,7-10H,2,6,11H2,1,3H3/b7-4-,12-8+. The minimum atomic E-state index is 0.844. The van der Waals surface area contributed by atoms with Crippen LogP contribution in [0.15, 0.2) is 48.8 Å². The van der Waals surface area contributed by atoms with Gasteiger partial charge in [-0.15, -0.1) is 0 Å². The maximum Gasteiger partial charge on any atom is 0.108 e. The van der Waals surface area contributed by atoms with Gasteiger partial charge >= 0.3 is 0 Å². The van der Waals surface area contributed by atoms with Crippen LogP contribution < -0.4 is 0 Å². The van der Waals surface area contributed by atoms with Gasteiger partial charge < -0.3 is 4.57 Å². The first-order valence-electron chi connectivity index (χ1n) is 5.26. The third-order valence-corrected chi connectivity index (χ3v) is 2.24. The summed E-state index contributed by atoms with van der Waals surface area (Å²) < 4.78 is 2.15. The van der Waals surface area contributed by atoms with Gasteiger partial charge in [0.15, 0.2) is 0 Å². The summed E-state index contributed by atoms with van der Waals surface area (Å²) in [5.74, 6) is 1.11. The number of aryl methyl sites for hydroxylation is 1. The van der Waals surface area contributed by atoms with Gasteiger partial charge in [-0.1, -0.05) is 37.8 Å². The van der Waals surface area contributed by atoms with Crippen molar-refractivity contribution in [2.24, 2.45) is 0 Å². The van der Waals surface area contributed by atoms with Gasteiger partial charge in [0.05, 0.1) is 0 Å². The number of nitrogens with zero attached hydrogens (tertiary/aromatic N) is 2. The molecule has 0 aliphatic rings. The van der Waals surface area contributed by atoms with Crippen molar-refractivity contribution in [2.45, 2.75) is 26.8 Å². The molecule has 1 aromatic rings. The lowest BCUT2D eigenvalue weighted by atomic mass is 10.2. The zero-order valence-electron chi connectivity index (χ0n) is 9.48. The van der Waals surface area contributed by atoms with Crippen LogP contribution in [-0.4, -0.2) is 9.55 Å². The van der Waals surface area contributed by atoms with Crippen LogP contribution in [0.4, 0.5) is 0 Å². The van der Waals surface area contributed by atoms with Crippen molar-refractivity contribution in [3.05, 3.63) is 54.7 Å². The summed E-state index contributed by atoms with van der Waals surface area (Å²) in [6, 6.07) is 0. The minimum Gasteiger partial charge on any atom is -0.331 e. The molecule has 15 heavy (non-hydrogen) atoms. The lowest BCUT2D eigenvalue weighted by Crippen LogP contribution is -2.03. The normalized spacial score (nSPS) is 12.3. The van der Waals surface area contributed by atoms with Gasteiger partial charge in [0.25, 0.3) is 0 Å². The molecule has 0 aliphatic carbocycles. The van der Waals surface area contributed by atoms with Crippen LogP contribution in [0.2, 0.25) is 0 Å². The summed E-state index contributed by atoms with van der Waals surface area (Å²) in [6.07, 6.45) is 12.8. The van der Waals surface area contributed by atoms with Gasteiger partial charge in [-0.05, 0) is 12.5 Å². The van der Waals surface area contributed by atoms with E-state index in [4.69, 9.17) is 0 Å². The first-order valence-corrected chi connectivity index (χ1v) is 5.26. The topological polar surface area (TPSA) is 17.8 Å². The van der Waals surface area contributed by atoms with Crippen molar-refractivity contribution in [3.63, 3.8) is 0 Å². The number of hydrogen-bond donors (Lipinski definition) is 0. The molecular formula is C13H18N2. The maximum atomic E-state index is 4.29. The zero-order chi connectivity index (χ0) is 11.1. The average Bonchev–Trinajstić information content (AvgIpc) is 2.71. The van der Waals surface area contributed by atoms with Gasteiger partial charge in [-0.3, -0.25) is 0 Å². The molecule has 2 heteroatoms. The summed E-state index contributed by atoms with van der Waals surface area (Å²) in [5, 5.41) is 0. The van der Waals surface area contributed by atoms with Crippen molar-refractivity contribution < 1.29 is 0 Å². The summed E-state index contributed by atoms with van der Waals surface area (Å²) in [5.41, 5.74) is 1.20. The summed E-state index contributed by atoms with van der Waals surface area (Å²) >= 11 is 0. The van der Waals surface area contributed by atoms with Crippen LogP contribution >= 0.6 is 0 Å². The molecule has 0 saturated carbocycles. The molecule has 80 valence electrons. The van der Waals surface area contributed by atoms with Gasteiger partial charge in [0, 0.05) is 25.4 Å². The summed E-state index contributed by atoms with van der Waals surface area (Å²) in [4.78, 5) is 4.29. The lowest BCUT2D eigenvalue weighted by molar-refractivity contribution is 0.732. The Hall–Kier alpha value is -1.57. The summed E-state index contributed by atoms with van der Waals surface area (Å²) in [6.45, 7) is 8.78. The van der Waals surface area contributed by atoms with E-state index in [-0.39, 0.29) is 0 Å². The number of hydrogen-bond acceptors (Lipinski definition) is 1. The highest BCUT2D eigenvalue weighted by Crippen LogP contribution is 2.05. The fourth-order valence-electron chi connectivity index (χ4n) is 1.40. The molecule has 0 bridgehead atoms. The predicted octanol–water partition coefficient (Wildman–Crippen LogP) is 3.13. The predicted molar refractivity (Wildman–Crippen MR) is 64.7 cm³/mol. The molecule has 0 spiro atoms. The van der Waals surface area contributed by atoms with Crippen molar-refractivity contribution >= 4 is 0 Å². The molecule has 1 heterocycles. The number of rotatable bonds is 5. The van der Waals surface area contributed by atoms with E-state index in [0.29, 0.717) is 0 Å². The fraction of sp³-hybridized carbons (Fsp3) is 0.308. The molecule has 0 fully saturated rings. The second-order valence-corrected chi connectivity index (χ2v) is 3.30. The van der Waals surface area contributed by atoms with Gasteiger partial charge in [-0.2, -0.15) is 0 Å².